The second-order valence-corrected chi connectivity index (χ2v) is 6.18. The molecule has 2 aromatic rings. The summed E-state index contributed by atoms with van der Waals surface area (Å²) in [6.45, 7) is 4.79. The minimum Gasteiger partial charge on any atom is -0.490 e. The van der Waals surface area contributed by atoms with Crippen LogP contribution >= 0.6 is 11.6 Å². The molecule has 150 valence electrons. The molecule has 8 heteroatoms. The van der Waals surface area contributed by atoms with Gasteiger partial charge in [0.2, 0.25) is 0 Å². The molecule has 0 saturated carbocycles. The average Bonchev–Trinajstić information content (AvgIpc) is 2.69. The number of hydrazine groups is 1. The molecule has 2 rings (SSSR count). The lowest BCUT2D eigenvalue weighted by Gasteiger charge is -2.13. The van der Waals surface area contributed by atoms with Gasteiger partial charge in [0.05, 0.1) is 12.2 Å². The highest BCUT2D eigenvalue weighted by atomic mass is 35.5. The smallest absolute Gasteiger partial charge is 0.276 e. The summed E-state index contributed by atoms with van der Waals surface area (Å²) in [6.07, 6.45) is 0. The highest BCUT2D eigenvalue weighted by molar-refractivity contribution is 6.30. The maximum absolute atomic E-state index is 12.3. The number of hydrogen-bond acceptors (Lipinski definition) is 5. The zero-order chi connectivity index (χ0) is 20.4. The van der Waals surface area contributed by atoms with Crippen LogP contribution in [0.2, 0.25) is 5.02 Å². The summed E-state index contributed by atoms with van der Waals surface area (Å²) < 4.78 is 16.2. The van der Waals surface area contributed by atoms with Crippen molar-refractivity contribution in [3.05, 3.63) is 58.6 Å². The van der Waals surface area contributed by atoms with Crippen molar-refractivity contribution in [2.24, 2.45) is 0 Å². The predicted octanol–water partition coefficient (Wildman–Crippen LogP) is 2.90. The van der Waals surface area contributed by atoms with Crippen LogP contribution in [-0.4, -0.2) is 38.2 Å². The Bertz CT molecular complexity index is 813. The minimum atomic E-state index is -0.502. The minimum absolute atomic E-state index is 0.255. The van der Waals surface area contributed by atoms with Crippen LogP contribution in [0.4, 0.5) is 0 Å². The number of ether oxygens (including phenoxy) is 3. The van der Waals surface area contributed by atoms with E-state index in [0.29, 0.717) is 41.9 Å². The molecule has 2 aromatic carbocycles. The zero-order valence-electron chi connectivity index (χ0n) is 15.8. The lowest BCUT2D eigenvalue weighted by atomic mass is 10.2. The molecule has 0 bridgehead atoms. The lowest BCUT2D eigenvalue weighted by molar-refractivity contribution is -0.123. The quantitative estimate of drug-likeness (QED) is 0.494. The summed E-state index contributed by atoms with van der Waals surface area (Å²) in [5.41, 5.74) is 5.77. The Kier molecular flexibility index (Phi) is 8.58. The van der Waals surface area contributed by atoms with Gasteiger partial charge < -0.3 is 14.2 Å². The van der Waals surface area contributed by atoms with E-state index in [4.69, 9.17) is 25.8 Å². The molecule has 0 aromatic heterocycles. The SMILES string of the molecule is CCOCCOc1ccccc1C(=O)NNC(=O)COc1ccc(Cl)cc1C. The van der Waals surface area contributed by atoms with E-state index < -0.39 is 11.8 Å². The molecule has 2 amide bonds. The number of aryl methyl sites for hydroxylation is 1. The van der Waals surface area contributed by atoms with Gasteiger partial charge in [-0.25, -0.2) is 0 Å². The molecule has 0 heterocycles. The number of hydrogen-bond donors (Lipinski definition) is 2. The first-order valence-corrected chi connectivity index (χ1v) is 9.16. The summed E-state index contributed by atoms with van der Waals surface area (Å²) in [5, 5.41) is 0.587. The molecule has 0 aliphatic heterocycles. The van der Waals surface area contributed by atoms with Crippen LogP contribution in [0.5, 0.6) is 11.5 Å². The molecule has 0 unspecified atom stereocenters. The van der Waals surface area contributed by atoms with Crippen LogP contribution in [-0.2, 0) is 9.53 Å². The first-order valence-electron chi connectivity index (χ1n) is 8.79. The second-order valence-electron chi connectivity index (χ2n) is 5.74. The fourth-order valence-electron chi connectivity index (χ4n) is 2.28. The van der Waals surface area contributed by atoms with Gasteiger partial charge in [-0.05, 0) is 49.7 Å². The fourth-order valence-corrected chi connectivity index (χ4v) is 2.51. The monoisotopic (exact) mass is 406 g/mol. The fraction of sp³-hybridized carbons (Fsp3) is 0.300. The van der Waals surface area contributed by atoms with Gasteiger partial charge in [0.15, 0.2) is 6.61 Å². The number of amides is 2. The topological polar surface area (TPSA) is 85.9 Å². The third-order valence-electron chi connectivity index (χ3n) is 3.63. The number of carbonyl (C=O) groups is 2. The third-order valence-corrected chi connectivity index (χ3v) is 3.87. The molecular weight excluding hydrogens is 384 g/mol. The van der Waals surface area contributed by atoms with E-state index in [2.05, 4.69) is 10.9 Å². The van der Waals surface area contributed by atoms with E-state index in [0.717, 1.165) is 5.56 Å². The Morgan fingerprint density at radius 3 is 2.54 bits per heavy atom. The molecule has 0 radical (unpaired) electrons. The van der Waals surface area contributed by atoms with Crippen molar-refractivity contribution in [3.8, 4) is 11.5 Å². The molecule has 0 atom stereocenters. The van der Waals surface area contributed by atoms with Gasteiger partial charge in [-0.15, -0.1) is 0 Å². The summed E-state index contributed by atoms with van der Waals surface area (Å²) in [4.78, 5) is 24.3. The van der Waals surface area contributed by atoms with Crippen molar-refractivity contribution in [2.45, 2.75) is 13.8 Å². The molecular formula is C20H23ClN2O5. The van der Waals surface area contributed by atoms with Gasteiger partial charge in [0.1, 0.15) is 18.1 Å². The zero-order valence-corrected chi connectivity index (χ0v) is 16.5. The van der Waals surface area contributed by atoms with E-state index in [-0.39, 0.29) is 6.61 Å². The Labute approximate surface area is 168 Å². The Hall–Kier alpha value is -2.77. The van der Waals surface area contributed by atoms with Crippen LogP contribution in [0.25, 0.3) is 0 Å². The number of nitrogens with one attached hydrogen (secondary N) is 2. The van der Waals surface area contributed by atoms with E-state index >= 15 is 0 Å². The molecule has 0 aliphatic carbocycles. The van der Waals surface area contributed by atoms with Crippen LogP contribution in [0.15, 0.2) is 42.5 Å². The van der Waals surface area contributed by atoms with Crippen LogP contribution in [0, 0.1) is 6.92 Å². The maximum Gasteiger partial charge on any atom is 0.276 e. The molecule has 0 fully saturated rings. The highest BCUT2D eigenvalue weighted by Gasteiger charge is 2.13. The van der Waals surface area contributed by atoms with Crippen LogP contribution in [0.1, 0.15) is 22.8 Å². The van der Waals surface area contributed by atoms with Crippen molar-refractivity contribution in [3.63, 3.8) is 0 Å². The first-order chi connectivity index (χ1) is 13.5. The van der Waals surface area contributed by atoms with Crippen LogP contribution in [0.3, 0.4) is 0 Å². The van der Waals surface area contributed by atoms with Gasteiger partial charge in [-0.3, -0.25) is 20.4 Å². The Morgan fingerprint density at radius 1 is 1.00 bits per heavy atom. The molecule has 2 N–H and O–H groups in total. The van der Waals surface area contributed by atoms with E-state index in [9.17, 15) is 9.59 Å². The maximum atomic E-state index is 12.3. The number of para-hydroxylation sites is 1. The summed E-state index contributed by atoms with van der Waals surface area (Å²) >= 11 is 5.88. The molecule has 28 heavy (non-hydrogen) atoms. The number of halogens is 1. The first kappa shape index (κ1) is 21.5. The normalized spacial score (nSPS) is 10.2. The number of rotatable bonds is 9. The van der Waals surface area contributed by atoms with Crippen molar-refractivity contribution in [1.82, 2.24) is 10.9 Å². The van der Waals surface area contributed by atoms with Crippen molar-refractivity contribution in [2.75, 3.05) is 26.4 Å². The van der Waals surface area contributed by atoms with Crippen molar-refractivity contribution in [1.29, 1.82) is 0 Å². The molecule has 0 aliphatic rings. The van der Waals surface area contributed by atoms with Gasteiger partial charge in [-0.2, -0.15) is 0 Å². The highest BCUT2D eigenvalue weighted by Crippen LogP contribution is 2.21. The molecule has 0 saturated heterocycles. The van der Waals surface area contributed by atoms with E-state index in [1.807, 2.05) is 13.8 Å². The third kappa shape index (κ3) is 6.75. The summed E-state index contributed by atoms with van der Waals surface area (Å²) in [6, 6.07) is 11.8. The molecule has 0 spiro atoms. The lowest BCUT2D eigenvalue weighted by Crippen LogP contribution is -2.44. The van der Waals surface area contributed by atoms with Crippen molar-refractivity contribution < 1.29 is 23.8 Å². The van der Waals surface area contributed by atoms with Gasteiger partial charge in [0.25, 0.3) is 11.8 Å². The molecule has 7 nitrogen and oxygen atoms in total. The predicted molar refractivity (Wildman–Crippen MR) is 106 cm³/mol. The standard InChI is InChI=1S/C20H23ClN2O5/c1-3-26-10-11-27-18-7-5-4-6-16(18)20(25)23-22-19(24)13-28-17-9-8-15(21)12-14(17)2/h4-9,12H,3,10-11,13H2,1-2H3,(H,22,24)(H,23,25). The van der Waals surface area contributed by atoms with Gasteiger partial charge >= 0.3 is 0 Å². The van der Waals surface area contributed by atoms with E-state index in [1.54, 1.807) is 42.5 Å². The Morgan fingerprint density at radius 2 is 1.79 bits per heavy atom. The van der Waals surface area contributed by atoms with Crippen molar-refractivity contribution >= 4 is 23.4 Å². The summed E-state index contributed by atoms with van der Waals surface area (Å²) in [5.74, 6) is -0.0543. The second kappa shape index (κ2) is 11.2. The summed E-state index contributed by atoms with van der Waals surface area (Å²) in [7, 11) is 0. The Balaban J connectivity index is 1.83. The van der Waals surface area contributed by atoms with E-state index in [1.165, 1.54) is 0 Å². The number of carbonyl (C=O) groups excluding carboxylic acids is 2. The van der Waals surface area contributed by atoms with Gasteiger partial charge in [-0.1, -0.05) is 23.7 Å². The number of benzene rings is 2. The van der Waals surface area contributed by atoms with Gasteiger partial charge in [0, 0.05) is 11.6 Å². The van der Waals surface area contributed by atoms with Crippen LogP contribution < -0.4 is 20.3 Å². The average molecular weight is 407 g/mol. The largest absolute Gasteiger partial charge is 0.490 e.